The summed E-state index contributed by atoms with van der Waals surface area (Å²) >= 11 is 0. The number of hydrogen-bond acceptors (Lipinski definition) is 4. The van der Waals surface area contributed by atoms with Crippen molar-refractivity contribution in [2.24, 2.45) is 0 Å². The largest absolute Gasteiger partial charge is 0.341 e. The highest BCUT2D eigenvalue weighted by molar-refractivity contribution is 7.86. The fourth-order valence-corrected chi connectivity index (χ4v) is 3.41. The van der Waals surface area contributed by atoms with Gasteiger partial charge in [-0.25, -0.2) is 0 Å². The SMILES string of the molecule is O=S(=O)(O)c1ccccc1-c1nn(-c2ccccc2)[n+](-c2ccccc2)n1. The minimum Gasteiger partial charge on any atom is -0.282 e. The fourth-order valence-electron chi connectivity index (χ4n) is 2.73. The summed E-state index contributed by atoms with van der Waals surface area (Å²) in [7, 11) is -4.41. The van der Waals surface area contributed by atoms with E-state index in [0.29, 0.717) is 0 Å². The lowest BCUT2D eigenvalue weighted by atomic mass is 10.2. The zero-order chi connectivity index (χ0) is 18.9. The lowest BCUT2D eigenvalue weighted by Crippen LogP contribution is -2.43. The Bertz CT molecular complexity index is 1130. The zero-order valence-corrected chi connectivity index (χ0v) is 14.9. The summed E-state index contributed by atoms with van der Waals surface area (Å²) in [6, 6.07) is 24.8. The summed E-state index contributed by atoms with van der Waals surface area (Å²) in [6.07, 6.45) is 0. The van der Waals surface area contributed by atoms with Crippen LogP contribution in [0.2, 0.25) is 0 Å². The third-order valence-corrected chi connectivity index (χ3v) is 4.85. The van der Waals surface area contributed by atoms with Crippen molar-refractivity contribution in [3.8, 4) is 22.8 Å². The van der Waals surface area contributed by atoms with Gasteiger partial charge in [0.05, 0.1) is 10.7 Å². The van der Waals surface area contributed by atoms with Gasteiger partial charge in [0.2, 0.25) is 0 Å². The summed E-state index contributed by atoms with van der Waals surface area (Å²) in [5, 5.41) is 8.99. The van der Waals surface area contributed by atoms with Gasteiger partial charge in [-0.15, -0.1) is 0 Å². The molecule has 4 rings (SSSR count). The van der Waals surface area contributed by atoms with Crippen molar-refractivity contribution < 1.29 is 17.8 Å². The Kier molecular flexibility index (Phi) is 4.27. The average molecular weight is 379 g/mol. The maximum Gasteiger partial charge on any atom is 0.341 e. The molecule has 0 aliphatic heterocycles. The van der Waals surface area contributed by atoms with E-state index < -0.39 is 10.1 Å². The molecule has 1 heterocycles. The van der Waals surface area contributed by atoms with Gasteiger partial charge >= 0.3 is 5.82 Å². The second-order valence-electron chi connectivity index (χ2n) is 5.74. The quantitative estimate of drug-likeness (QED) is 0.435. The normalized spacial score (nSPS) is 11.4. The van der Waals surface area contributed by atoms with Crippen LogP contribution < -0.4 is 4.80 Å². The third-order valence-electron chi connectivity index (χ3n) is 3.94. The Morgan fingerprint density at radius 2 is 1.41 bits per heavy atom. The van der Waals surface area contributed by atoms with Crippen molar-refractivity contribution in [1.82, 2.24) is 15.0 Å². The summed E-state index contributed by atoms with van der Waals surface area (Å²) in [5.41, 5.74) is 1.73. The number of rotatable bonds is 4. The monoisotopic (exact) mass is 379 g/mol. The molecule has 27 heavy (non-hydrogen) atoms. The molecule has 0 bridgehead atoms. The van der Waals surface area contributed by atoms with Crippen LogP contribution in [-0.4, -0.2) is 28.0 Å². The van der Waals surface area contributed by atoms with E-state index in [4.69, 9.17) is 0 Å². The Labute approximate surface area is 155 Å². The molecule has 0 aliphatic rings. The molecule has 0 saturated carbocycles. The highest BCUT2D eigenvalue weighted by atomic mass is 32.2. The first-order valence-electron chi connectivity index (χ1n) is 8.11. The number of aromatic nitrogens is 4. The van der Waals surface area contributed by atoms with Gasteiger partial charge in [-0.05, 0) is 46.3 Å². The number of para-hydroxylation sites is 2. The van der Waals surface area contributed by atoms with Crippen LogP contribution in [0.5, 0.6) is 0 Å². The zero-order valence-electron chi connectivity index (χ0n) is 14.0. The standard InChI is InChI=1S/C19H14N4O3S/c24-27(25,26)18-14-8-7-13-17(18)19-20-22(15-9-3-1-4-10-15)23(21-19)16-11-5-2-6-12-16/h1-14H/p+1. The van der Waals surface area contributed by atoms with Gasteiger partial charge in [-0.3, -0.25) is 4.55 Å². The molecule has 8 heteroatoms. The number of nitrogens with zero attached hydrogens (tertiary/aromatic N) is 4. The van der Waals surface area contributed by atoms with Crippen LogP contribution in [0.1, 0.15) is 0 Å². The molecule has 0 unspecified atom stereocenters. The first-order valence-corrected chi connectivity index (χ1v) is 9.55. The molecule has 0 spiro atoms. The molecule has 0 radical (unpaired) electrons. The molecule has 1 N–H and O–H groups in total. The predicted molar refractivity (Wildman–Crippen MR) is 98.1 cm³/mol. The molecule has 0 saturated heterocycles. The first kappa shape index (κ1) is 17.1. The molecule has 134 valence electrons. The maximum atomic E-state index is 11.7. The van der Waals surface area contributed by atoms with E-state index in [2.05, 4.69) is 10.2 Å². The minimum absolute atomic E-state index is 0.177. The number of hydrogen-bond donors (Lipinski definition) is 1. The van der Waals surface area contributed by atoms with Gasteiger partial charge < -0.3 is 0 Å². The van der Waals surface area contributed by atoms with E-state index >= 15 is 0 Å². The van der Waals surface area contributed by atoms with E-state index in [-0.39, 0.29) is 16.3 Å². The second-order valence-corrected chi connectivity index (χ2v) is 7.13. The Morgan fingerprint density at radius 3 is 2.07 bits per heavy atom. The van der Waals surface area contributed by atoms with Crippen LogP contribution in [0, 0.1) is 0 Å². The van der Waals surface area contributed by atoms with Crippen LogP contribution in [0.4, 0.5) is 0 Å². The smallest absolute Gasteiger partial charge is 0.282 e. The fraction of sp³-hybridized carbons (Fsp3) is 0. The van der Waals surface area contributed by atoms with E-state index in [9.17, 15) is 13.0 Å². The van der Waals surface area contributed by atoms with Gasteiger partial charge in [0, 0.05) is 4.80 Å². The molecule has 0 fully saturated rings. The molecule has 1 aromatic heterocycles. The summed E-state index contributed by atoms with van der Waals surface area (Å²) in [5.74, 6) is 0.177. The van der Waals surface area contributed by atoms with Crippen LogP contribution in [-0.2, 0) is 10.1 Å². The summed E-state index contributed by atoms with van der Waals surface area (Å²) in [4.78, 5) is 2.91. The molecular weight excluding hydrogens is 364 g/mol. The van der Waals surface area contributed by atoms with Crippen molar-refractivity contribution in [3.05, 3.63) is 84.9 Å². The van der Waals surface area contributed by atoms with Crippen LogP contribution in [0.3, 0.4) is 0 Å². The summed E-state index contributed by atoms with van der Waals surface area (Å²) in [6.45, 7) is 0. The molecule has 0 aliphatic carbocycles. The topological polar surface area (TPSA) is 89.0 Å². The predicted octanol–water partition coefficient (Wildman–Crippen LogP) is 2.46. The van der Waals surface area contributed by atoms with Crippen molar-refractivity contribution in [2.75, 3.05) is 0 Å². The average Bonchev–Trinajstić information content (AvgIpc) is 3.14. The minimum atomic E-state index is -4.41. The van der Waals surface area contributed by atoms with E-state index in [0.717, 1.165) is 11.4 Å². The van der Waals surface area contributed by atoms with E-state index in [1.807, 2.05) is 60.7 Å². The Morgan fingerprint density at radius 1 is 0.815 bits per heavy atom. The van der Waals surface area contributed by atoms with Crippen molar-refractivity contribution in [3.63, 3.8) is 0 Å². The van der Waals surface area contributed by atoms with Crippen molar-refractivity contribution >= 4 is 10.1 Å². The van der Waals surface area contributed by atoms with Crippen LogP contribution in [0.15, 0.2) is 89.8 Å². The highest BCUT2D eigenvalue weighted by Crippen LogP contribution is 2.24. The maximum absolute atomic E-state index is 11.7. The molecule has 3 aromatic carbocycles. The van der Waals surface area contributed by atoms with Crippen LogP contribution >= 0.6 is 0 Å². The van der Waals surface area contributed by atoms with Gasteiger partial charge in [-0.1, -0.05) is 48.5 Å². The Balaban J connectivity index is 1.97. The molecule has 0 amide bonds. The lowest BCUT2D eigenvalue weighted by molar-refractivity contribution is -0.734. The first-order chi connectivity index (χ1) is 13.0. The van der Waals surface area contributed by atoms with Gasteiger partial charge in [0.1, 0.15) is 10.6 Å². The van der Waals surface area contributed by atoms with Gasteiger partial charge in [0.15, 0.2) is 5.69 Å². The van der Waals surface area contributed by atoms with Gasteiger partial charge in [0.25, 0.3) is 10.1 Å². The highest BCUT2D eigenvalue weighted by Gasteiger charge is 2.27. The number of benzene rings is 3. The van der Waals surface area contributed by atoms with Crippen molar-refractivity contribution in [1.29, 1.82) is 0 Å². The molecule has 7 nitrogen and oxygen atoms in total. The number of tetrazole rings is 1. The molecular formula is C19H15N4O3S+. The third kappa shape index (κ3) is 3.35. The lowest BCUT2D eigenvalue weighted by Gasteiger charge is -1.99. The summed E-state index contributed by atoms with van der Waals surface area (Å²) < 4.78 is 33.0. The molecule has 0 atom stereocenters. The second kappa shape index (κ2) is 6.75. The van der Waals surface area contributed by atoms with Crippen LogP contribution in [0.25, 0.3) is 22.8 Å². The molecule has 4 aromatic rings. The Hall–Kier alpha value is -3.36. The van der Waals surface area contributed by atoms with Crippen molar-refractivity contribution in [2.45, 2.75) is 4.90 Å². The van der Waals surface area contributed by atoms with Gasteiger partial charge in [-0.2, -0.15) is 8.42 Å². The van der Waals surface area contributed by atoms with E-state index in [1.165, 1.54) is 12.1 Å². The van der Waals surface area contributed by atoms with E-state index in [1.54, 1.807) is 21.7 Å².